The van der Waals surface area contributed by atoms with E-state index in [-0.39, 0.29) is 18.3 Å². The van der Waals surface area contributed by atoms with Crippen LogP contribution in [0.3, 0.4) is 0 Å². The number of hydrogen-bond donors (Lipinski definition) is 0. The standard InChI is InChI=1S/C17H30O5/c1-5-6-7-8-9-14(4)15(12-16-19-10-11-20-16)21-22-17(18)13(2)3/h14-16H,2,5-12H2,1,3-4H3. The molecule has 0 amide bonds. The fourth-order valence-corrected chi connectivity index (χ4v) is 2.36. The molecule has 0 saturated carbocycles. The van der Waals surface area contributed by atoms with Gasteiger partial charge in [0.25, 0.3) is 0 Å². The lowest BCUT2D eigenvalue weighted by Crippen LogP contribution is -2.29. The molecule has 0 aromatic carbocycles. The lowest BCUT2D eigenvalue weighted by Gasteiger charge is -2.24. The number of hydrogen-bond acceptors (Lipinski definition) is 5. The molecule has 0 N–H and O–H groups in total. The van der Waals surface area contributed by atoms with Gasteiger partial charge in [-0.05, 0) is 19.3 Å². The van der Waals surface area contributed by atoms with Crippen molar-refractivity contribution in [1.29, 1.82) is 0 Å². The second kappa shape index (κ2) is 10.8. The Morgan fingerprint density at radius 2 is 1.95 bits per heavy atom. The zero-order chi connectivity index (χ0) is 16.4. The molecule has 0 spiro atoms. The highest BCUT2D eigenvalue weighted by molar-refractivity contribution is 5.86. The van der Waals surface area contributed by atoms with Crippen molar-refractivity contribution in [2.75, 3.05) is 13.2 Å². The highest BCUT2D eigenvalue weighted by Gasteiger charge is 2.28. The summed E-state index contributed by atoms with van der Waals surface area (Å²) < 4.78 is 10.9. The number of carbonyl (C=O) groups is 1. The van der Waals surface area contributed by atoms with E-state index in [2.05, 4.69) is 20.4 Å². The van der Waals surface area contributed by atoms with Crippen LogP contribution in [0.2, 0.25) is 0 Å². The first-order chi connectivity index (χ1) is 10.5. The maximum absolute atomic E-state index is 11.5. The van der Waals surface area contributed by atoms with E-state index in [0.717, 1.165) is 12.8 Å². The van der Waals surface area contributed by atoms with Crippen LogP contribution < -0.4 is 0 Å². The largest absolute Gasteiger partial charge is 0.368 e. The van der Waals surface area contributed by atoms with E-state index in [1.165, 1.54) is 19.3 Å². The molecule has 5 heteroatoms. The van der Waals surface area contributed by atoms with Crippen LogP contribution in [0.4, 0.5) is 0 Å². The molecule has 1 heterocycles. The van der Waals surface area contributed by atoms with Gasteiger partial charge in [-0.15, -0.1) is 0 Å². The lowest BCUT2D eigenvalue weighted by atomic mass is 9.95. The molecule has 0 aliphatic carbocycles. The molecule has 1 rings (SSSR count). The van der Waals surface area contributed by atoms with Gasteiger partial charge in [0.1, 0.15) is 6.10 Å². The maximum Gasteiger partial charge on any atom is 0.368 e. The van der Waals surface area contributed by atoms with Crippen LogP contribution in [-0.2, 0) is 24.0 Å². The van der Waals surface area contributed by atoms with E-state index in [1.807, 2.05) is 0 Å². The molecule has 2 atom stereocenters. The van der Waals surface area contributed by atoms with Crippen molar-refractivity contribution in [3.8, 4) is 0 Å². The van der Waals surface area contributed by atoms with Crippen LogP contribution >= 0.6 is 0 Å². The Morgan fingerprint density at radius 1 is 1.27 bits per heavy atom. The van der Waals surface area contributed by atoms with Crippen LogP contribution in [0, 0.1) is 5.92 Å². The third kappa shape index (κ3) is 7.38. The molecule has 0 bridgehead atoms. The second-order valence-electron chi connectivity index (χ2n) is 6.02. The molecule has 22 heavy (non-hydrogen) atoms. The summed E-state index contributed by atoms with van der Waals surface area (Å²) in [6, 6.07) is 0. The fraction of sp³-hybridized carbons (Fsp3) is 0.824. The van der Waals surface area contributed by atoms with Crippen molar-refractivity contribution < 1.29 is 24.0 Å². The molecular formula is C17H30O5. The third-order valence-corrected chi connectivity index (χ3v) is 3.86. The van der Waals surface area contributed by atoms with E-state index in [1.54, 1.807) is 6.92 Å². The molecule has 2 unspecified atom stereocenters. The Bertz CT molecular complexity index is 336. The van der Waals surface area contributed by atoms with Gasteiger partial charge in [-0.3, -0.25) is 4.89 Å². The van der Waals surface area contributed by atoms with Crippen molar-refractivity contribution in [3.63, 3.8) is 0 Å². The Hall–Kier alpha value is -0.910. The van der Waals surface area contributed by atoms with Crippen LogP contribution in [0.1, 0.15) is 59.3 Å². The van der Waals surface area contributed by atoms with Crippen LogP contribution in [0.15, 0.2) is 12.2 Å². The summed E-state index contributed by atoms with van der Waals surface area (Å²) in [7, 11) is 0. The van der Waals surface area contributed by atoms with Crippen molar-refractivity contribution in [2.45, 2.75) is 71.7 Å². The van der Waals surface area contributed by atoms with E-state index in [0.29, 0.717) is 25.2 Å². The summed E-state index contributed by atoms with van der Waals surface area (Å²) in [5, 5.41) is 0. The number of carbonyl (C=O) groups excluding carboxylic acids is 1. The van der Waals surface area contributed by atoms with Gasteiger partial charge in [-0.25, -0.2) is 4.79 Å². The van der Waals surface area contributed by atoms with Gasteiger partial charge in [0, 0.05) is 12.0 Å². The van der Waals surface area contributed by atoms with Crippen LogP contribution in [-0.4, -0.2) is 31.6 Å². The van der Waals surface area contributed by atoms with Crippen LogP contribution in [0.5, 0.6) is 0 Å². The average molecular weight is 314 g/mol. The molecule has 1 aliphatic rings. The molecule has 1 aliphatic heterocycles. The normalized spacial score (nSPS) is 18.1. The molecule has 0 radical (unpaired) electrons. The minimum absolute atomic E-state index is 0.229. The Morgan fingerprint density at radius 3 is 2.55 bits per heavy atom. The number of rotatable bonds is 11. The second-order valence-corrected chi connectivity index (χ2v) is 6.02. The summed E-state index contributed by atoms with van der Waals surface area (Å²) in [5.74, 6) is -0.265. The molecule has 0 aromatic heterocycles. The molecule has 5 nitrogen and oxygen atoms in total. The highest BCUT2D eigenvalue weighted by Crippen LogP contribution is 2.23. The number of unbranched alkanes of at least 4 members (excludes halogenated alkanes) is 3. The Balaban J connectivity index is 2.44. The summed E-state index contributed by atoms with van der Waals surface area (Å²) in [6.45, 7) is 10.7. The minimum atomic E-state index is -0.531. The van der Waals surface area contributed by atoms with Gasteiger partial charge in [0.15, 0.2) is 6.29 Å². The highest BCUT2D eigenvalue weighted by atomic mass is 17.2. The van der Waals surface area contributed by atoms with Gasteiger partial charge in [0.2, 0.25) is 0 Å². The summed E-state index contributed by atoms with van der Waals surface area (Å²) in [4.78, 5) is 21.7. The minimum Gasteiger partial charge on any atom is -0.350 e. The number of ether oxygens (including phenoxy) is 2. The predicted octanol–water partition coefficient (Wildman–Crippen LogP) is 3.78. The fourth-order valence-electron chi connectivity index (χ4n) is 2.36. The summed E-state index contributed by atoms with van der Waals surface area (Å²) in [5.41, 5.74) is 0.322. The van der Waals surface area contributed by atoms with Gasteiger partial charge in [0.05, 0.1) is 13.2 Å². The molecule has 0 aromatic rings. The predicted molar refractivity (Wildman–Crippen MR) is 84.0 cm³/mol. The first-order valence-corrected chi connectivity index (χ1v) is 8.31. The molecule has 128 valence electrons. The smallest absolute Gasteiger partial charge is 0.350 e. The van der Waals surface area contributed by atoms with E-state index in [9.17, 15) is 4.79 Å². The van der Waals surface area contributed by atoms with Gasteiger partial charge in [-0.2, -0.15) is 4.89 Å². The first kappa shape index (κ1) is 19.1. The molecular weight excluding hydrogens is 284 g/mol. The quantitative estimate of drug-likeness (QED) is 0.251. The van der Waals surface area contributed by atoms with Crippen molar-refractivity contribution in [1.82, 2.24) is 0 Å². The average Bonchev–Trinajstić information content (AvgIpc) is 3.00. The lowest BCUT2D eigenvalue weighted by molar-refractivity contribution is -0.310. The van der Waals surface area contributed by atoms with Gasteiger partial charge in [-0.1, -0.05) is 46.1 Å². The van der Waals surface area contributed by atoms with Gasteiger partial charge >= 0.3 is 5.97 Å². The Labute approximate surface area is 133 Å². The van der Waals surface area contributed by atoms with E-state index < -0.39 is 5.97 Å². The van der Waals surface area contributed by atoms with Gasteiger partial charge < -0.3 is 9.47 Å². The Kier molecular flexibility index (Phi) is 9.36. The van der Waals surface area contributed by atoms with E-state index >= 15 is 0 Å². The summed E-state index contributed by atoms with van der Waals surface area (Å²) >= 11 is 0. The van der Waals surface area contributed by atoms with Crippen molar-refractivity contribution in [3.05, 3.63) is 12.2 Å². The topological polar surface area (TPSA) is 54.0 Å². The zero-order valence-corrected chi connectivity index (χ0v) is 14.1. The van der Waals surface area contributed by atoms with Crippen molar-refractivity contribution in [2.24, 2.45) is 5.92 Å². The van der Waals surface area contributed by atoms with Crippen molar-refractivity contribution >= 4 is 5.97 Å². The third-order valence-electron chi connectivity index (χ3n) is 3.86. The monoisotopic (exact) mass is 314 g/mol. The van der Waals surface area contributed by atoms with Crippen LogP contribution in [0.25, 0.3) is 0 Å². The first-order valence-electron chi connectivity index (χ1n) is 8.31. The summed E-state index contributed by atoms with van der Waals surface area (Å²) in [6.07, 6.45) is 5.93. The molecule has 1 saturated heterocycles. The maximum atomic E-state index is 11.5. The zero-order valence-electron chi connectivity index (χ0n) is 14.1. The van der Waals surface area contributed by atoms with E-state index in [4.69, 9.17) is 19.2 Å². The molecule has 1 fully saturated rings. The SMILES string of the molecule is C=C(C)C(=O)OOC(CC1OCCO1)C(C)CCCCCC.